The number of pyridine rings is 4. The van der Waals surface area contributed by atoms with Crippen LogP contribution in [0.5, 0.6) is 0 Å². The third-order valence-corrected chi connectivity index (χ3v) is 19.0. The van der Waals surface area contributed by atoms with Crippen LogP contribution in [0, 0.1) is 46.1 Å². The van der Waals surface area contributed by atoms with Crippen molar-refractivity contribution in [1.29, 1.82) is 10.5 Å². The number of hydrogen-bond acceptors (Lipinski definition) is 19. The van der Waals surface area contributed by atoms with Crippen molar-refractivity contribution in [3.8, 4) is 56.9 Å². The molecule has 2 aliphatic carbocycles. The summed E-state index contributed by atoms with van der Waals surface area (Å²) in [4.78, 5) is 61.0. The fourth-order valence-electron chi connectivity index (χ4n) is 10.8. The molecule has 8 aromatic heterocycles. The Morgan fingerprint density at radius 1 is 0.645 bits per heavy atom. The number of halogens is 3. The van der Waals surface area contributed by atoms with Gasteiger partial charge >= 0.3 is 5.97 Å². The predicted molar refractivity (Wildman–Crippen MR) is 353 cm³/mol. The molecule has 10 heterocycles. The first kappa shape index (κ1) is 63.3. The van der Waals surface area contributed by atoms with E-state index in [-0.39, 0.29) is 48.1 Å². The Hall–Kier alpha value is -9.83. The number of aromatic nitrogens is 8. The monoisotopic (exact) mass is 1300 g/mol. The van der Waals surface area contributed by atoms with Crippen LogP contribution in [0.3, 0.4) is 0 Å². The second-order valence-corrected chi connectivity index (χ2v) is 25.2. The van der Waals surface area contributed by atoms with Crippen LogP contribution >= 0.6 is 22.7 Å². The smallest absolute Gasteiger partial charge is 0.310 e. The van der Waals surface area contributed by atoms with Gasteiger partial charge in [0, 0.05) is 104 Å². The van der Waals surface area contributed by atoms with Crippen LogP contribution in [0.2, 0.25) is 0 Å². The zero-order valence-electron chi connectivity index (χ0n) is 52.3. The Balaban J connectivity index is 0.000000170. The largest absolute Gasteiger partial charge is 0.481 e. The minimum atomic E-state index is -1.00. The molecule has 4 aliphatic rings. The van der Waals surface area contributed by atoms with Gasteiger partial charge in [-0.05, 0) is 136 Å². The number of aliphatic hydroxyl groups excluding tert-OH is 2. The maximum absolute atomic E-state index is 13.5. The highest BCUT2D eigenvalue weighted by molar-refractivity contribution is 7.17. The number of aliphatic hydroxyl groups is 2. The van der Waals surface area contributed by atoms with Crippen molar-refractivity contribution < 1.29 is 39.5 Å². The first-order valence-electron chi connectivity index (χ1n) is 30.7. The Morgan fingerprint density at radius 3 is 1.39 bits per heavy atom. The number of aryl methyl sites for hydroxylation is 2. The second-order valence-electron chi connectivity index (χ2n) is 23.3. The first-order valence-corrected chi connectivity index (χ1v) is 31.7. The van der Waals surface area contributed by atoms with Crippen LogP contribution in [0.15, 0.2) is 122 Å². The molecule has 0 radical (unpaired) electrons. The lowest BCUT2D eigenvalue weighted by Gasteiger charge is -2.39. The number of nitrogens with one attached hydrogen (secondary N) is 1. The topological polar surface area (TPSA) is 280 Å². The second kappa shape index (κ2) is 27.2. The van der Waals surface area contributed by atoms with Gasteiger partial charge in [-0.3, -0.25) is 22.8 Å². The molecule has 10 aromatic rings. The molecule has 21 nitrogen and oxygen atoms in total. The SMILES string of the molecule is CCc1nc2ccc(-c3ccc(N4CC(C(=O)NC5(CO)CC5)C4)nc3)cn2c1N(C)c1nc(-c2ccc(F)cc2)c(C#N)s1.CCc1nc2ccc(-c3ccc(N4CC(C(=O)O)C4)nc3)cn2c1N(C)c1nc(-c2ccc(F)cc2)c(C#N)s1.NC1(CO)CC1.[2H]CF. The average Bonchev–Trinajstić information content (AvgIpc) is 1.62. The molecule has 1 amide bonds. The molecule has 2 saturated carbocycles. The van der Waals surface area contributed by atoms with Crippen LogP contribution < -0.4 is 30.7 Å². The normalized spacial score (nSPS) is 15.2. The molecule has 14 rings (SSSR count). The molecule has 0 spiro atoms. The van der Waals surface area contributed by atoms with E-state index in [0.29, 0.717) is 81.6 Å². The lowest BCUT2D eigenvalue weighted by molar-refractivity contribution is -0.142. The van der Waals surface area contributed by atoms with Crippen LogP contribution in [-0.2, 0) is 22.4 Å². The van der Waals surface area contributed by atoms with Gasteiger partial charge in [0.1, 0.15) is 79.5 Å². The fourth-order valence-corrected chi connectivity index (χ4v) is 12.5. The van der Waals surface area contributed by atoms with Crippen LogP contribution in [0.1, 0.15) is 62.0 Å². The summed E-state index contributed by atoms with van der Waals surface area (Å²) in [6, 6.07) is 32.3. The van der Waals surface area contributed by atoms with E-state index < -0.39 is 18.7 Å². The molecular formula is C67H67F3N16O5S2. The summed E-state index contributed by atoms with van der Waals surface area (Å²) in [5.74, 6) is 1.36. The number of imidazole rings is 2. The Labute approximate surface area is 543 Å². The maximum atomic E-state index is 13.5. The van der Waals surface area contributed by atoms with Gasteiger partial charge in [0.05, 0.1) is 50.5 Å². The average molecular weight is 1300 g/mol. The fraction of sp³-hybridized carbons (Fsp3) is 0.313. The molecule has 2 aromatic carbocycles. The van der Waals surface area contributed by atoms with Gasteiger partial charge in [0.15, 0.2) is 10.3 Å². The summed E-state index contributed by atoms with van der Waals surface area (Å²) in [7, 11) is 2.81. The third-order valence-electron chi connectivity index (χ3n) is 16.9. The minimum Gasteiger partial charge on any atom is -0.481 e. The lowest BCUT2D eigenvalue weighted by atomic mass is 9.98. The number of anilines is 6. The molecule has 2 saturated heterocycles. The number of hydrogen-bond donors (Lipinski definition) is 5. The lowest BCUT2D eigenvalue weighted by Crippen LogP contribution is -2.56. The number of nitrogens with zero attached hydrogens (tertiary/aromatic N) is 14. The number of nitrogens with two attached hydrogens (primary N) is 1. The third kappa shape index (κ3) is 13.6. The minimum absolute atomic E-state index is 0.00329. The zero-order valence-corrected chi connectivity index (χ0v) is 53.0. The molecule has 0 unspecified atom stereocenters. The van der Waals surface area contributed by atoms with Gasteiger partial charge in [-0.25, -0.2) is 38.7 Å². The van der Waals surface area contributed by atoms with Crippen molar-refractivity contribution >= 4 is 79.4 Å². The van der Waals surface area contributed by atoms with Crippen molar-refractivity contribution in [3.05, 3.63) is 155 Å². The van der Waals surface area contributed by atoms with E-state index in [4.69, 9.17) is 42.2 Å². The van der Waals surface area contributed by atoms with Crippen LogP contribution in [-0.4, -0.2) is 138 Å². The van der Waals surface area contributed by atoms with Gasteiger partial charge in [-0.1, -0.05) is 36.5 Å². The van der Waals surface area contributed by atoms with Crippen LogP contribution in [0.25, 0.3) is 56.1 Å². The summed E-state index contributed by atoms with van der Waals surface area (Å²) >= 11 is 2.56. The Kier molecular flexibility index (Phi) is 18.5. The highest BCUT2D eigenvalue weighted by atomic mass is 32.1. The van der Waals surface area contributed by atoms with E-state index in [1.807, 2.05) is 112 Å². The highest BCUT2D eigenvalue weighted by Crippen LogP contribution is 2.41. The van der Waals surface area contributed by atoms with E-state index >= 15 is 0 Å². The quantitative estimate of drug-likeness (QED) is 0.0566. The van der Waals surface area contributed by atoms with Gasteiger partial charge < -0.3 is 46.0 Å². The molecule has 26 heteroatoms. The van der Waals surface area contributed by atoms with E-state index in [0.717, 1.165) is 93.9 Å². The Bertz CT molecular complexity index is 4460. The molecule has 2 aliphatic heterocycles. The highest BCUT2D eigenvalue weighted by Gasteiger charge is 2.46. The van der Waals surface area contributed by atoms with Gasteiger partial charge in [0.25, 0.3) is 0 Å². The number of benzene rings is 2. The number of rotatable bonds is 17. The summed E-state index contributed by atoms with van der Waals surface area (Å²) in [5.41, 5.74) is 14.4. The molecule has 6 N–H and O–H groups in total. The summed E-state index contributed by atoms with van der Waals surface area (Å²) < 4.78 is 46.6. The number of thiazole rings is 2. The zero-order chi connectivity index (χ0) is 66.6. The molecule has 93 heavy (non-hydrogen) atoms. The number of amides is 1. The van der Waals surface area contributed by atoms with Gasteiger partial charge in [-0.15, -0.1) is 0 Å². The molecule has 4 fully saturated rings. The molecular weight excluding hydrogens is 1230 g/mol. The van der Waals surface area contributed by atoms with E-state index in [9.17, 15) is 38.4 Å². The van der Waals surface area contributed by atoms with Crippen molar-refractivity contribution in [3.63, 3.8) is 0 Å². The van der Waals surface area contributed by atoms with Crippen molar-refractivity contribution in [1.82, 2.24) is 44.0 Å². The van der Waals surface area contributed by atoms with Gasteiger partial charge in [0.2, 0.25) is 5.91 Å². The number of nitriles is 2. The summed E-state index contributed by atoms with van der Waals surface area (Å²) in [6.45, 7) is 6.37. The molecule has 0 bridgehead atoms. The van der Waals surface area contributed by atoms with E-state index in [1.54, 1.807) is 30.5 Å². The van der Waals surface area contributed by atoms with Crippen molar-refractivity contribution in [2.24, 2.45) is 17.6 Å². The molecule has 478 valence electrons. The van der Waals surface area contributed by atoms with E-state index in [2.05, 4.69) is 34.3 Å². The van der Waals surface area contributed by atoms with Gasteiger partial charge in [-0.2, -0.15) is 10.5 Å². The number of carbonyl (C=O) groups is 2. The van der Waals surface area contributed by atoms with Crippen molar-refractivity contribution in [2.75, 3.05) is 80.2 Å². The summed E-state index contributed by atoms with van der Waals surface area (Å²) in [5, 5.41) is 50.8. The number of carboxylic acid groups (broad SMARTS) is 1. The number of alkyl halides is 1. The predicted octanol–water partition coefficient (Wildman–Crippen LogP) is 10.4. The van der Waals surface area contributed by atoms with E-state index in [1.165, 1.54) is 46.9 Å². The number of fused-ring (bicyclic) bond motifs is 2. The first-order chi connectivity index (χ1) is 45.3. The number of carbonyl (C=O) groups excluding carboxylic acids is 1. The molecule has 0 atom stereocenters. The Morgan fingerprint density at radius 2 is 1.05 bits per heavy atom. The van der Waals surface area contributed by atoms with Crippen LogP contribution in [0.4, 0.5) is 46.7 Å². The standard InChI is InChI=1S/C33H31FN8O2S.C29H24FN7O2S.C4H9NO.CH3F/c1-3-25-31(40(2)32-38-29(26(14-35)45-32)20-4-8-24(34)9-5-20)42-18-22(7-11-28(42)37-25)21-6-10-27(36-15-21)41-16-23(17-41)30(44)39-33(19-43)12-13-33;1-3-22-27(35(2)29-34-26(23(12-31)40-29)17-4-8-21(30)9-5-17)37-16-19(7-11-25(37)33-22)18-6-10-24(32-13-18)36-14-20(15-36)28(38)39;5-4(3-6)1-2-4;1-2/h4-11,15,18,23,43H,3,12-13,16-17,19H2,1-2H3,(H,39,44);4-11,13,16,20H,3,14-15H2,1-2H3,(H,38,39);6H,1-3,5H2;1H3/i;;;1D. The number of aliphatic carboxylic acids is 1. The maximum Gasteiger partial charge on any atom is 0.310 e. The summed E-state index contributed by atoms with van der Waals surface area (Å²) in [6.07, 6.45) is 12.7. The van der Waals surface area contributed by atoms with Crippen molar-refractivity contribution in [2.45, 2.75) is 63.5 Å². The number of carboxylic acids is 1.